The smallest absolute Gasteiger partial charge is 0.162 e. The molecule has 22 heavy (non-hydrogen) atoms. The summed E-state index contributed by atoms with van der Waals surface area (Å²) in [6, 6.07) is 3.51. The van der Waals surface area contributed by atoms with Gasteiger partial charge in [-0.3, -0.25) is 0 Å². The molecule has 0 heterocycles. The molecule has 0 aliphatic heterocycles. The first kappa shape index (κ1) is 15.7. The van der Waals surface area contributed by atoms with E-state index in [2.05, 4.69) is 13.0 Å². The molecule has 2 heteroatoms. The fourth-order valence-electron chi connectivity index (χ4n) is 4.29. The Bertz CT molecular complexity index is 565. The Labute approximate surface area is 132 Å². The van der Waals surface area contributed by atoms with Crippen LogP contribution in [0.4, 0.5) is 8.78 Å². The van der Waals surface area contributed by atoms with Gasteiger partial charge in [-0.05, 0) is 87.7 Å². The van der Waals surface area contributed by atoms with Gasteiger partial charge in [-0.1, -0.05) is 23.8 Å². The highest BCUT2D eigenvalue weighted by Crippen LogP contribution is 2.43. The summed E-state index contributed by atoms with van der Waals surface area (Å²) in [5, 5.41) is 0. The fraction of sp³-hybridized carbons (Fsp3) is 0.600. The number of rotatable bonds is 2. The van der Waals surface area contributed by atoms with Gasteiger partial charge in [-0.15, -0.1) is 0 Å². The van der Waals surface area contributed by atoms with E-state index in [1.165, 1.54) is 24.8 Å². The van der Waals surface area contributed by atoms with E-state index in [1.807, 2.05) is 0 Å². The van der Waals surface area contributed by atoms with E-state index in [0.29, 0.717) is 11.1 Å². The molecule has 0 N–H and O–H groups in total. The Balaban J connectivity index is 1.64. The van der Waals surface area contributed by atoms with Crippen molar-refractivity contribution in [3.8, 4) is 0 Å². The standard InChI is InChI=1S/C20H26F2/c1-13-3-6-15(7-4-13)16-8-10-17(11-9-16)18-12-5-14(2)19(21)20(18)22/h3,5,12,15-17H,4,6-11H2,1-2H3. The zero-order valence-corrected chi connectivity index (χ0v) is 13.7. The van der Waals surface area contributed by atoms with Crippen molar-refractivity contribution in [3.05, 3.63) is 46.5 Å². The average Bonchev–Trinajstić information content (AvgIpc) is 2.54. The van der Waals surface area contributed by atoms with Crippen LogP contribution in [0.5, 0.6) is 0 Å². The topological polar surface area (TPSA) is 0 Å². The maximum Gasteiger partial charge on any atom is 0.162 e. The van der Waals surface area contributed by atoms with Crippen molar-refractivity contribution >= 4 is 0 Å². The SMILES string of the molecule is CC1=CCC(C2CCC(c3ccc(C)c(F)c3F)CC2)CC1. The number of hydrogen-bond acceptors (Lipinski definition) is 0. The minimum atomic E-state index is -0.660. The van der Waals surface area contributed by atoms with Crippen LogP contribution in [0.1, 0.15) is 68.9 Å². The molecule has 1 unspecified atom stereocenters. The first-order chi connectivity index (χ1) is 10.6. The number of halogens is 2. The van der Waals surface area contributed by atoms with E-state index in [9.17, 15) is 8.78 Å². The van der Waals surface area contributed by atoms with Gasteiger partial charge >= 0.3 is 0 Å². The van der Waals surface area contributed by atoms with E-state index in [4.69, 9.17) is 0 Å². The molecule has 1 saturated carbocycles. The highest BCUT2D eigenvalue weighted by molar-refractivity contribution is 5.28. The van der Waals surface area contributed by atoms with Crippen molar-refractivity contribution in [2.24, 2.45) is 11.8 Å². The maximum absolute atomic E-state index is 14.2. The van der Waals surface area contributed by atoms with Crippen LogP contribution in [0, 0.1) is 30.4 Å². The second-order valence-corrected chi connectivity index (χ2v) is 7.30. The molecule has 0 spiro atoms. The van der Waals surface area contributed by atoms with Gasteiger partial charge in [-0.2, -0.15) is 0 Å². The van der Waals surface area contributed by atoms with Gasteiger partial charge in [0.25, 0.3) is 0 Å². The number of benzene rings is 1. The molecule has 3 rings (SSSR count). The van der Waals surface area contributed by atoms with Crippen LogP contribution in [0.2, 0.25) is 0 Å². The van der Waals surface area contributed by atoms with Crippen molar-refractivity contribution in [2.45, 2.75) is 64.7 Å². The number of allylic oxidation sites excluding steroid dienone is 2. The minimum absolute atomic E-state index is 0.201. The molecule has 0 bridgehead atoms. The summed E-state index contributed by atoms with van der Waals surface area (Å²) in [7, 11) is 0. The molecule has 1 fully saturated rings. The van der Waals surface area contributed by atoms with Gasteiger partial charge in [0.1, 0.15) is 0 Å². The Morgan fingerprint density at radius 2 is 1.59 bits per heavy atom. The molecule has 1 aromatic carbocycles. The van der Waals surface area contributed by atoms with Crippen molar-refractivity contribution in [3.63, 3.8) is 0 Å². The highest BCUT2D eigenvalue weighted by Gasteiger charge is 2.30. The Morgan fingerprint density at radius 3 is 2.23 bits per heavy atom. The molecule has 120 valence electrons. The van der Waals surface area contributed by atoms with E-state index in [0.717, 1.165) is 37.5 Å². The first-order valence-electron chi connectivity index (χ1n) is 8.66. The lowest BCUT2D eigenvalue weighted by molar-refractivity contribution is 0.216. The van der Waals surface area contributed by atoms with Gasteiger partial charge in [-0.25, -0.2) is 8.78 Å². The molecule has 2 aliphatic rings. The summed E-state index contributed by atoms with van der Waals surface area (Å²) in [6.45, 7) is 3.85. The van der Waals surface area contributed by atoms with E-state index in [-0.39, 0.29) is 5.92 Å². The zero-order valence-electron chi connectivity index (χ0n) is 13.7. The number of aryl methyl sites for hydroxylation is 1. The predicted molar refractivity (Wildman–Crippen MR) is 86.9 cm³/mol. The largest absolute Gasteiger partial charge is 0.203 e. The van der Waals surface area contributed by atoms with E-state index < -0.39 is 11.6 Å². The highest BCUT2D eigenvalue weighted by atomic mass is 19.2. The second kappa shape index (κ2) is 6.52. The molecule has 1 aromatic rings. The van der Waals surface area contributed by atoms with Gasteiger partial charge < -0.3 is 0 Å². The maximum atomic E-state index is 14.2. The lowest BCUT2D eigenvalue weighted by Crippen LogP contribution is -2.23. The van der Waals surface area contributed by atoms with Crippen LogP contribution < -0.4 is 0 Å². The lowest BCUT2D eigenvalue weighted by atomic mass is 9.70. The molecule has 0 amide bonds. The van der Waals surface area contributed by atoms with Crippen LogP contribution in [0.3, 0.4) is 0 Å². The normalized spacial score (nSPS) is 29.3. The average molecular weight is 304 g/mol. The number of hydrogen-bond donors (Lipinski definition) is 0. The van der Waals surface area contributed by atoms with Crippen LogP contribution in [-0.4, -0.2) is 0 Å². The Morgan fingerprint density at radius 1 is 0.864 bits per heavy atom. The monoisotopic (exact) mass is 304 g/mol. The molecule has 2 aliphatic carbocycles. The zero-order chi connectivity index (χ0) is 15.7. The third-order valence-corrected chi connectivity index (χ3v) is 5.86. The van der Waals surface area contributed by atoms with Crippen LogP contribution >= 0.6 is 0 Å². The van der Waals surface area contributed by atoms with Crippen molar-refractivity contribution in [1.29, 1.82) is 0 Å². The van der Waals surface area contributed by atoms with Crippen LogP contribution in [-0.2, 0) is 0 Å². The summed E-state index contributed by atoms with van der Waals surface area (Å²) in [5.41, 5.74) is 2.53. The van der Waals surface area contributed by atoms with Crippen molar-refractivity contribution in [1.82, 2.24) is 0 Å². The van der Waals surface area contributed by atoms with Gasteiger partial charge in [0, 0.05) is 0 Å². The lowest BCUT2D eigenvalue weighted by Gasteiger charge is -2.35. The van der Waals surface area contributed by atoms with Gasteiger partial charge in [0.05, 0.1) is 0 Å². The molecule has 0 aromatic heterocycles. The first-order valence-corrected chi connectivity index (χ1v) is 8.66. The van der Waals surface area contributed by atoms with Gasteiger partial charge in [0.15, 0.2) is 11.6 Å². The fourth-order valence-corrected chi connectivity index (χ4v) is 4.29. The predicted octanol–water partition coefficient (Wildman–Crippen LogP) is 6.29. The van der Waals surface area contributed by atoms with Crippen LogP contribution in [0.25, 0.3) is 0 Å². The molecule has 0 radical (unpaired) electrons. The summed E-state index contributed by atoms with van der Waals surface area (Å²) < 4.78 is 27.9. The summed E-state index contributed by atoms with van der Waals surface area (Å²) in [6.07, 6.45) is 10.5. The second-order valence-electron chi connectivity index (χ2n) is 7.30. The van der Waals surface area contributed by atoms with Crippen molar-refractivity contribution in [2.75, 3.05) is 0 Å². The minimum Gasteiger partial charge on any atom is -0.203 e. The molecule has 0 nitrogen and oxygen atoms in total. The van der Waals surface area contributed by atoms with Gasteiger partial charge in [0.2, 0.25) is 0 Å². The summed E-state index contributed by atoms with van der Waals surface area (Å²) in [4.78, 5) is 0. The molecule has 1 atom stereocenters. The third kappa shape index (κ3) is 3.11. The molecule has 0 saturated heterocycles. The summed E-state index contributed by atoms with van der Waals surface area (Å²) in [5.74, 6) is 0.516. The quantitative estimate of drug-likeness (QED) is 0.563. The molecular weight excluding hydrogens is 278 g/mol. The Kier molecular flexibility index (Phi) is 4.65. The summed E-state index contributed by atoms with van der Waals surface area (Å²) >= 11 is 0. The Hall–Kier alpha value is -1.18. The van der Waals surface area contributed by atoms with Crippen molar-refractivity contribution < 1.29 is 8.78 Å². The third-order valence-electron chi connectivity index (χ3n) is 5.86. The van der Waals surface area contributed by atoms with E-state index in [1.54, 1.807) is 19.1 Å². The molecular formula is C20H26F2. The van der Waals surface area contributed by atoms with E-state index >= 15 is 0 Å². The van der Waals surface area contributed by atoms with Crippen LogP contribution in [0.15, 0.2) is 23.8 Å².